The van der Waals surface area contributed by atoms with Crippen molar-refractivity contribution in [3.63, 3.8) is 0 Å². The van der Waals surface area contributed by atoms with Gasteiger partial charge in [-0.05, 0) is 74.6 Å². The number of hydrogen-bond donors (Lipinski definition) is 0. The highest BCUT2D eigenvalue weighted by molar-refractivity contribution is 6.62. The van der Waals surface area contributed by atoms with Crippen molar-refractivity contribution in [1.29, 1.82) is 0 Å². The first kappa shape index (κ1) is 22.0. The summed E-state index contributed by atoms with van der Waals surface area (Å²) in [5.74, 6) is 0. The van der Waals surface area contributed by atoms with Gasteiger partial charge < -0.3 is 9.31 Å². The molecular weight excluding hydrogens is 431 g/mol. The fourth-order valence-corrected chi connectivity index (χ4v) is 4.56. The SMILES string of the molecule is CC1(C)OB(c2cc(-c3cnc4ccccc4c3)cc(-c3cnc4ccccc4c3)c2)OC1(C)C. The van der Waals surface area contributed by atoms with Crippen LogP contribution in [0.5, 0.6) is 0 Å². The van der Waals surface area contributed by atoms with E-state index in [0.29, 0.717) is 0 Å². The Balaban J connectivity index is 1.52. The molecule has 0 radical (unpaired) electrons. The van der Waals surface area contributed by atoms with Crippen LogP contribution < -0.4 is 5.46 Å². The number of pyridine rings is 2. The van der Waals surface area contributed by atoms with Crippen LogP contribution in [-0.4, -0.2) is 28.3 Å². The number of benzene rings is 3. The van der Waals surface area contributed by atoms with Crippen molar-refractivity contribution in [1.82, 2.24) is 9.97 Å². The lowest BCUT2D eigenvalue weighted by Crippen LogP contribution is -2.41. The van der Waals surface area contributed by atoms with Crippen molar-refractivity contribution in [2.45, 2.75) is 38.9 Å². The molecule has 5 heteroatoms. The molecule has 3 heterocycles. The molecule has 0 spiro atoms. The Morgan fingerprint density at radius 2 is 1.03 bits per heavy atom. The minimum Gasteiger partial charge on any atom is -0.399 e. The number of aromatic nitrogens is 2. The highest BCUT2D eigenvalue weighted by atomic mass is 16.7. The van der Waals surface area contributed by atoms with Crippen LogP contribution in [0.25, 0.3) is 44.1 Å². The molecule has 2 aromatic heterocycles. The molecule has 0 N–H and O–H groups in total. The Morgan fingerprint density at radius 3 is 1.51 bits per heavy atom. The highest BCUT2D eigenvalue weighted by Gasteiger charge is 2.51. The quantitative estimate of drug-likeness (QED) is 0.293. The molecule has 0 saturated carbocycles. The van der Waals surface area contributed by atoms with Gasteiger partial charge in [-0.15, -0.1) is 0 Å². The van der Waals surface area contributed by atoms with E-state index in [1.807, 2.05) is 48.8 Å². The van der Waals surface area contributed by atoms with Gasteiger partial charge >= 0.3 is 7.12 Å². The van der Waals surface area contributed by atoms with Crippen LogP contribution in [0.3, 0.4) is 0 Å². The molecule has 1 saturated heterocycles. The third-order valence-corrected chi connectivity index (χ3v) is 7.33. The summed E-state index contributed by atoms with van der Waals surface area (Å²) in [5, 5.41) is 2.22. The molecule has 5 aromatic rings. The summed E-state index contributed by atoms with van der Waals surface area (Å²) in [4.78, 5) is 9.40. The topological polar surface area (TPSA) is 44.2 Å². The van der Waals surface area contributed by atoms with E-state index in [4.69, 9.17) is 19.3 Å². The average molecular weight is 458 g/mol. The summed E-state index contributed by atoms with van der Waals surface area (Å²) in [6.07, 6.45) is 3.88. The van der Waals surface area contributed by atoms with Crippen molar-refractivity contribution in [2.24, 2.45) is 0 Å². The van der Waals surface area contributed by atoms with E-state index in [-0.39, 0.29) is 0 Å². The van der Waals surface area contributed by atoms with Crippen molar-refractivity contribution >= 4 is 34.4 Å². The maximum absolute atomic E-state index is 6.42. The van der Waals surface area contributed by atoms with Gasteiger partial charge in [-0.1, -0.05) is 48.5 Å². The second-order valence-corrected chi connectivity index (χ2v) is 10.3. The zero-order valence-electron chi connectivity index (χ0n) is 20.4. The summed E-state index contributed by atoms with van der Waals surface area (Å²) in [5.41, 5.74) is 6.37. The van der Waals surface area contributed by atoms with Gasteiger partial charge in [0.1, 0.15) is 0 Å². The van der Waals surface area contributed by atoms with Gasteiger partial charge in [0.05, 0.1) is 22.2 Å². The smallest absolute Gasteiger partial charge is 0.399 e. The Kier molecular flexibility index (Phi) is 5.03. The van der Waals surface area contributed by atoms with E-state index in [0.717, 1.165) is 49.5 Å². The number of fused-ring (bicyclic) bond motifs is 2. The Hall–Kier alpha value is -3.54. The average Bonchev–Trinajstić information content (AvgIpc) is 3.09. The molecule has 0 amide bonds. The van der Waals surface area contributed by atoms with Gasteiger partial charge in [0.25, 0.3) is 0 Å². The molecule has 0 aliphatic carbocycles. The molecule has 6 rings (SSSR count). The molecule has 0 atom stereocenters. The summed E-state index contributed by atoms with van der Waals surface area (Å²) < 4.78 is 12.8. The Bertz CT molecular complexity index is 1460. The van der Waals surface area contributed by atoms with Crippen LogP contribution in [0.2, 0.25) is 0 Å². The van der Waals surface area contributed by atoms with Gasteiger partial charge in [0.15, 0.2) is 0 Å². The predicted molar refractivity (Wildman–Crippen MR) is 144 cm³/mol. The maximum Gasteiger partial charge on any atom is 0.494 e. The van der Waals surface area contributed by atoms with E-state index in [1.54, 1.807) is 0 Å². The second-order valence-electron chi connectivity index (χ2n) is 10.3. The molecule has 3 aromatic carbocycles. The van der Waals surface area contributed by atoms with Crippen LogP contribution in [-0.2, 0) is 9.31 Å². The summed E-state index contributed by atoms with van der Waals surface area (Å²) in [6, 6.07) is 27.3. The molecule has 1 fully saturated rings. The largest absolute Gasteiger partial charge is 0.494 e. The number of para-hydroxylation sites is 2. The minimum atomic E-state index is -0.458. The van der Waals surface area contributed by atoms with Crippen LogP contribution >= 0.6 is 0 Å². The van der Waals surface area contributed by atoms with Crippen LogP contribution in [0.1, 0.15) is 27.7 Å². The third-order valence-electron chi connectivity index (χ3n) is 7.33. The second kappa shape index (κ2) is 8.01. The lowest BCUT2D eigenvalue weighted by Gasteiger charge is -2.32. The molecule has 172 valence electrons. The Morgan fingerprint density at radius 1 is 0.571 bits per heavy atom. The van der Waals surface area contributed by atoms with Crippen LogP contribution in [0.15, 0.2) is 91.3 Å². The minimum absolute atomic E-state index is 0.414. The Labute approximate surface area is 206 Å². The first-order chi connectivity index (χ1) is 16.8. The molecule has 0 bridgehead atoms. The van der Waals surface area contributed by atoms with Crippen LogP contribution in [0.4, 0.5) is 0 Å². The van der Waals surface area contributed by atoms with Gasteiger partial charge in [-0.3, -0.25) is 9.97 Å². The van der Waals surface area contributed by atoms with E-state index in [2.05, 4.69) is 70.2 Å². The number of nitrogens with zero attached hydrogens (tertiary/aromatic N) is 2. The lowest BCUT2D eigenvalue weighted by molar-refractivity contribution is 0.00578. The predicted octanol–water partition coefficient (Wildman–Crippen LogP) is 6.42. The standard InChI is InChI=1S/C30H27BN2O2/c1-29(2)30(3,4)35-31(34-29)26-16-22(24-13-20-9-5-7-11-27(20)32-18-24)15-23(17-26)25-14-21-10-6-8-12-28(21)33-19-25/h5-19H,1-4H3. The fraction of sp³-hybridized carbons (Fsp3) is 0.200. The van der Waals surface area contributed by atoms with E-state index >= 15 is 0 Å². The molecule has 4 nitrogen and oxygen atoms in total. The summed E-state index contributed by atoms with van der Waals surface area (Å²) >= 11 is 0. The van der Waals surface area contributed by atoms with Gasteiger partial charge in [0.2, 0.25) is 0 Å². The molecule has 35 heavy (non-hydrogen) atoms. The number of rotatable bonds is 3. The van der Waals surface area contributed by atoms with E-state index in [9.17, 15) is 0 Å². The lowest BCUT2D eigenvalue weighted by atomic mass is 9.76. The normalized spacial score (nSPS) is 16.7. The highest BCUT2D eigenvalue weighted by Crippen LogP contribution is 2.37. The van der Waals surface area contributed by atoms with Gasteiger partial charge in [-0.2, -0.15) is 0 Å². The monoisotopic (exact) mass is 458 g/mol. The van der Waals surface area contributed by atoms with Gasteiger partial charge in [0, 0.05) is 34.3 Å². The third kappa shape index (κ3) is 3.91. The number of hydrogen-bond acceptors (Lipinski definition) is 4. The van der Waals surface area contributed by atoms with Gasteiger partial charge in [-0.25, -0.2) is 0 Å². The van der Waals surface area contributed by atoms with Crippen LogP contribution in [0, 0.1) is 0 Å². The first-order valence-electron chi connectivity index (χ1n) is 12.0. The molecule has 0 unspecified atom stereocenters. The van der Waals surface area contributed by atoms with Crippen molar-refractivity contribution in [3.8, 4) is 22.3 Å². The maximum atomic E-state index is 6.42. The van der Waals surface area contributed by atoms with E-state index < -0.39 is 18.3 Å². The van der Waals surface area contributed by atoms with Crippen molar-refractivity contribution in [2.75, 3.05) is 0 Å². The first-order valence-corrected chi connectivity index (χ1v) is 12.0. The molecular formula is C30H27BN2O2. The van der Waals surface area contributed by atoms with Crippen molar-refractivity contribution in [3.05, 3.63) is 91.3 Å². The molecule has 1 aliphatic rings. The van der Waals surface area contributed by atoms with Crippen molar-refractivity contribution < 1.29 is 9.31 Å². The van der Waals surface area contributed by atoms with E-state index in [1.165, 1.54) is 0 Å². The fourth-order valence-electron chi connectivity index (χ4n) is 4.56. The summed E-state index contributed by atoms with van der Waals surface area (Å²) in [7, 11) is -0.458. The zero-order chi connectivity index (χ0) is 24.2. The zero-order valence-corrected chi connectivity index (χ0v) is 20.4. The summed E-state index contributed by atoms with van der Waals surface area (Å²) in [6.45, 7) is 8.33. The molecule has 1 aliphatic heterocycles.